The van der Waals surface area contributed by atoms with Crippen LogP contribution in [-0.2, 0) is 6.42 Å². The van der Waals surface area contributed by atoms with Crippen molar-refractivity contribution in [3.8, 4) is 0 Å². The molecule has 2 aromatic rings. The SMILES string of the molecule is CCC1=C[C@H]2C[C@@H](C1)Cc1nc3cc(Cl)ccc3c(N)c12. The summed E-state index contributed by atoms with van der Waals surface area (Å²) < 4.78 is 0. The van der Waals surface area contributed by atoms with E-state index in [2.05, 4.69) is 13.0 Å². The third-order valence-electron chi connectivity index (χ3n) is 4.99. The van der Waals surface area contributed by atoms with Crippen molar-refractivity contribution < 1.29 is 0 Å². The van der Waals surface area contributed by atoms with E-state index < -0.39 is 0 Å². The van der Waals surface area contributed by atoms with Gasteiger partial charge in [0.25, 0.3) is 0 Å². The molecule has 1 heterocycles. The van der Waals surface area contributed by atoms with E-state index in [1.165, 1.54) is 24.1 Å². The van der Waals surface area contributed by atoms with Gasteiger partial charge in [0.05, 0.1) is 5.52 Å². The molecule has 3 heteroatoms. The number of rotatable bonds is 1. The molecule has 2 N–H and O–H groups in total. The Morgan fingerprint density at radius 2 is 2.19 bits per heavy atom. The predicted molar refractivity (Wildman–Crippen MR) is 88.7 cm³/mol. The van der Waals surface area contributed by atoms with Crippen LogP contribution in [0.25, 0.3) is 10.9 Å². The van der Waals surface area contributed by atoms with Gasteiger partial charge in [-0.1, -0.05) is 30.2 Å². The second-order valence-corrected chi connectivity index (χ2v) is 6.78. The van der Waals surface area contributed by atoms with Crippen LogP contribution in [-0.4, -0.2) is 4.98 Å². The van der Waals surface area contributed by atoms with Gasteiger partial charge < -0.3 is 5.73 Å². The molecule has 0 unspecified atom stereocenters. The van der Waals surface area contributed by atoms with E-state index in [-0.39, 0.29) is 0 Å². The maximum absolute atomic E-state index is 6.50. The molecule has 2 atom stereocenters. The Hall–Kier alpha value is -1.54. The van der Waals surface area contributed by atoms with Crippen LogP contribution in [0.15, 0.2) is 29.8 Å². The van der Waals surface area contributed by atoms with Crippen molar-refractivity contribution in [3.05, 3.63) is 46.1 Å². The fraction of sp³-hybridized carbons (Fsp3) is 0.389. The molecule has 2 nitrogen and oxygen atoms in total. The normalized spacial score (nSPS) is 23.8. The summed E-state index contributed by atoms with van der Waals surface area (Å²) in [6.07, 6.45) is 7.09. The first-order valence-corrected chi connectivity index (χ1v) is 8.10. The van der Waals surface area contributed by atoms with Gasteiger partial charge in [-0.25, -0.2) is 0 Å². The molecule has 108 valence electrons. The Morgan fingerprint density at radius 3 is 3.00 bits per heavy atom. The molecular weight excluding hydrogens is 280 g/mol. The molecule has 0 spiro atoms. The third-order valence-corrected chi connectivity index (χ3v) is 5.22. The van der Waals surface area contributed by atoms with Crippen LogP contribution in [0.1, 0.15) is 43.4 Å². The highest BCUT2D eigenvalue weighted by molar-refractivity contribution is 6.31. The molecule has 21 heavy (non-hydrogen) atoms. The molecule has 2 bridgehead atoms. The zero-order chi connectivity index (χ0) is 14.6. The number of pyridine rings is 1. The zero-order valence-electron chi connectivity index (χ0n) is 12.2. The summed E-state index contributed by atoms with van der Waals surface area (Å²) in [5.74, 6) is 1.18. The maximum atomic E-state index is 6.50. The first kappa shape index (κ1) is 13.1. The number of nitrogens with zero attached hydrogens (tertiary/aromatic N) is 1. The number of nitrogens with two attached hydrogens (primary N) is 1. The number of hydrogen-bond donors (Lipinski definition) is 1. The van der Waals surface area contributed by atoms with Crippen molar-refractivity contribution in [2.75, 3.05) is 5.73 Å². The summed E-state index contributed by atoms with van der Waals surface area (Å²) >= 11 is 6.10. The summed E-state index contributed by atoms with van der Waals surface area (Å²) in [7, 11) is 0. The van der Waals surface area contributed by atoms with Gasteiger partial charge in [0.15, 0.2) is 0 Å². The van der Waals surface area contributed by atoms with Crippen LogP contribution in [0, 0.1) is 5.92 Å². The molecule has 1 aromatic heterocycles. The summed E-state index contributed by atoms with van der Waals surface area (Å²) in [5, 5.41) is 1.76. The smallest absolute Gasteiger partial charge is 0.0741 e. The number of benzene rings is 1. The van der Waals surface area contributed by atoms with E-state index in [4.69, 9.17) is 22.3 Å². The quantitative estimate of drug-likeness (QED) is 0.764. The monoisotopic (exact) mass is 298 g/mol. The molecule has 0 radical (unpaired) electrons. The highest BCUT2D eigenvalue weighted by atomic mass is 35.5. The van der Waals surface area contributed by atoms with Gasteiger partial charge in [0.1, 0.15) is 0 Å². The molecule has 2 aliphatic rings. The molecule has 0 fully saturated rings. The van der Waals surface area contributed by atoms with E-state index in [1.54, 1.807) is 5.57 Å². The van der Waals surface area contributed by atoms with Crippen LogP contribution in [0.5, 0.6) is 0 Å². The minimum atomic E-state index is 0.454. The largest absolute Gasteiger partial charge is 0.398 e. The highest BCUT2D eigenvalue weighted by Gasteiger charge is 2.32. The van der Waals surface area contributed by atoms with Gasteiger partial charge in [-0.3, -0.25) is 4.98 Å². The van der Waals surface area contributed by atoms with Crippen LogP contribution < -0.4 is 5.73 Å². The molecule has 2 aliphatic carbocycles. The van der Waals surface area contributed by atoms with Crippen molar-refractivity contribution >= 4 is 28.2 Å². The number of anilines is 1. The number of aromatic nitrogens is 1. The lowest BCUT2D eigenvalue weighted by Crippen LogP contribution is -2.24. The third kappa shape index (κ3) is 2.04. The van der Waals surface area contributed by atoms with Gasteiger partial charge in [0.2, 0.25) is 0 Å². The van der Waals surface area contributed by atoms with E-state index in [1.807, 2.05) is 18.2 Å². The summed E-state index contributed by atoms with van der Waals surface area (Å²) in [6.45, 7) is 2.25. The van der Waals surface area contributed by atoms with E-state index in [9.17, 15) is 0 Å². The maximum Gasteiger partial charge on any atom is 0.0741 e. The van der Waals surface area contributed by atoms with Gasteiger partial charge in [-0.05, 0) is 49.8 Å². The van der Waals surface area contributed by atoms with Gasteiger partial charge in [-0.2, -0.15) is 0 Å². The summed E-state index contributed by atoms with van der Waals surface area (Å²) in [4.78, 5) is 4.88. The minimum Gasteiger partial charge on any atom is -0.398 e. The summed E-state index contributed by atoms with van der Waals surface area (Å²) in [6, 6.07) is 5.82. The van der Waals surface area contributed by atoms with Crippen molar-refractivity contribution in [2.24, 2.45) is 5.92 Å². The van der Waals surface area contributed by atoms with Gasteiger partial charge in [-0.15, -0.1) is 0 Å². The Balaban J connectivity index is 1.95. The topological polar surface area (TPSA) is 38.9 Å². The van der Waals surface area contributed by atoms with E-state index >= 15 is 0 Å². The van der Waals surface area contributed by atoms with Crippen molar-refractivity contribution in [2.45, 2.75) is 38.5 Å². The van der Waals surface area contributed by atoms with Crippen molar-refractivity contribution in [1.29, 1.82) is 0 Å². The lowest BCUT2D eigenvalue weighted by Gasteiger charge is -2.35. The van der Waals surface area contributed by atoms with Crippen molar-refractivity contribution in [3.63, 3.8) is 0 Å². The molecule has 0 aliphatic heterocycles. The number of fused-ring (bicyclic) bond motifs is 5. The first-order valence-electron chi connectivity index (χ1n) is 7.72. The molecule has 4 rings (SSSR count). The number of halogens is 1. The first-order chi connectivity index (χ1) is 10.2. The van der Waals surface area contributed by atoms with E-state index in [0.717, 1.165) is 40.4 Å². The molecule has 1 aromatic carbocycles. The van der Waals surface area contributed by atoms with Gasteiger partial charge >= 0.3 is 0 Å². The Labute approximate surface area is 130 Å². The number of allylic oxidation sites excluding steroid dienone is 2. The number of hydrogen-bond acceptors (Lipinski definition) is 2. The zero-order valence-corrected chi connectivity index (χ0v) is 13.0. The Morgan fingerprint density at radius 1 is 1.33 bits per heavy atom. The fourth-order valence-corrected chi connectivity index (χ4v) is 4.19. The lowest BCUT2D eigenvalue weighted by atomic mass is 9.71. The fourth-order valence-electron chi connectivity index (χ4n) is 4.03. The Kier molecular flexibility index (Phi) is 2.97. The molecular formula is C18H19ClN2. The van der Waals surface area contributed by atoms with Gasteiger partial charge in [0, 0.05) is 33.3 Å². The standard InChI is InChI=1S/C18H19ClN2/c1-2-10-5-11-7-12(6-10)17-16(8-11)21-15-9-13(19)3-4-14(15)18(17)20/h3-4,6,9,11-12H,2,5,7-8H2,1H3,(H2,20,21)/t11-,12+/m1/s1. The van der Waals surface area contributed by atoms with Crippen LogP contribution in [0.3, 0.4) is 0 Å². The van der Waals surface area contributed by atoms with Crippen molar-refractivity contribution in [1.82, 2.24) is 4.98 Å². The second kappa shape index (κ2) is 4.74. The minimum absolute atomic E-state index is 0.454. The molecule has 0 saturated heterocycles. The van der Waals surface area contributed by atoms with Crippen LogP contribution in [0.2, 0.25) is 5.02 Å². The predicted octanol–water partition coefficient (Wildman–Crippen LogP) is 4.86. The average molecular weight is 299 g/mol. The summed E-state index contributed by atoms with van der Waals surface area (Å²) in [5.41, 5.74) is 12.4. The Bertz CT molecular complexity index is 763. The second-order valence-electron chi connectivity index (χ2n) is 6.34. The molecule has 0 amide bonds. The van der Waals surface area contributed by atoms with Crippen LogP contribution >= 0.6 is 11.6 Å². The highest BCUT2D eigenvalue weighted by Crippen LogP contribution is 2.46. The average Bonchev–Trinajstić information content (AvgIpc) is 2.46. The number of nitrogen functional groups attached to an aromatic ring is 1. The molecule has 0 saturated carbocycles. The van der Waals surface area contributed by atoms with E-state index in [0.29, 0.717) is 5.92 Å². The van der Waals surface area contributed by atoms with Crippen LogP contribution in [0.4, 0.5) is 5.69 Å². The lowest BCUT2D eigenvalue weighted by molar-refractivity contribution is 0.399.